The van der Waals surface area contributed by atoms with E-state index in [9.17, 15) is 9.59 Å². The summed E-state index contributed by atoms with van der Waals surface area (Å²) < 4.78 is 16.1. The minimum atomic E-state index is -0.611. The van der Waals surface area contributed by atoms with E-state index in [0.717, 1.165) is 35.2 Å². The molecule has 0 radical (unpaired) electrons. The lowest BCUT2D eigenvalue weighted by Crippen LogP contribution is -2.07. The van der Waals surface area contributed by atoms with Gasteiger partial charge in [-0.15, -0.1) is 0 Å². The number of benzene rings is 2. The van der Waals surface area contributed by atoms with Gasteiger partial charge in [-0.05, 0) is 0 Å². The van der Waals surface area contributed by atoms with Crippen LogP contribution in [-0.2, 0) is 22.7 Å². The SMILES string of the molecule is CC(=O)OC(SOSC(OC(C)=O)c1ccccc1)c1ccccc1. The molecule has 0 saturated carbocycles. The van der Waals surface area contributed by atoms with Crippen molar-refractivity contribution in [3.05, 3.63) is 71.8 Å². The lowest BCUT2D eigenvalue weighted by Gasteiger charge is -2.18. The summed E-state index contributed by atoms with van der Waals surface area (Å²) >= 11 is 1.96. The number of carbonyl (C=O) groups is 2. The molecule has 25 heavy (non-hydrogen) atoms. The summed E-state index contributed by atoms with van der Waals surface area (Å²) in [5.41, 5.74) is 0.374. The number of ether oxygens (including phenoxy) is 2. The van der Waals surface area contributed by atoms with Crippen LogP contribution in [0.5, 0.6) is 0 Å². The number of rotatable bonds is 8. The molecule has 2 aromatic rings. The molecule has 0 aliphatic carbocycles. The number of hydrogen-bond acceptors (Lipinski definition) is 7. The zero-order valence-electron chi connectivity index (χ0n) is 13.8. The summed E-state index contributed by atoms with van der Waals surface area (Å²) in [7, 11) is 0. The predicted molar refractivity (Wildman–Crippen MR) is 98.2 cm³/mol. The molecular formula is C18H18O5S2. The average molecular weight is 378 g/mol. The first-order valence-corrected chi connectivity index (χ1v) is 9.10. The summed E-state index contributed by atoms with van der Waals surface area (Å²) in [6.07, 6.45) is 0. The van der Waals surface area contributed by atoms with Crippen LogP contribution in [0.4, 0.5) is 0 Å². The van der Waals surface area contributed by atoms with Gasteiger partial charge in [0, 0.05) is 25.0 Å². The Balaban J connectivity index is 2.00. The maximum Gasteiger partial charge on any atom is 0.304 e. The van der Waals surface area contributed by atoms with Crippen molar-refractivity contribution < 1.29 is 22.7 Å². The van der Waals surface area contributed by atoms with E-state index in [-0.39, 0.29) is 0 Å². The second-order valence-corrected chi connectivity index (χ2v) is 6.75. The average Bonchev–Trinajstić information content (AvgIpc) is 2.61. The second kappa shape index (κ2) is 10.1. The van der Waals surface area contributed by atoms with Gasteiger partial charge in [-0.1, -0.05) is 60.7 Å². The van der Waals surface area contributed by atoms with Gasteiger partial charge in [0.15, 0.2) is 10.9 Å². The smallest absolute Gasteiger partial charge is 0.304 e. The molecule has 0 heterocycles. The second-order valence-electron chi connectivity index (χ2n) is 4.96. The fourth-order valence-corrected chi connectivity index (χ4v) is 3.54. The van der Waals surface area contributed by atoms with Crippen LogP contribution in [-0.4, -0.2) is 11.9 Å². The van der Waals surface area contributed by atoms with Crippen LogP contribution in [0.2, 0.25) is 0 Å². The third-order valence-electron chi connectivity index (χ3n) is 2.94. The Bertz CT molecular complexity index is 619. The van der Waals surface area contributed by atoms with Gasteiger partial charge in [-0.2, -0.15) is 0 Å². The highest BCUT2D eigenvalue weighted by atomic mass is 32.2. The zero-order valence-corrected chi connectivity index (χ0v) is 15.4. The van der Waals surface area contributed by atoms with E-state index < -0.39 is 22.8 Å². The monoisotopic (exact) mass is 378 g/mol. The third-order valence-corrected chi connectivity index (χ3v) is 4.66. The van der Waals surface area contributed by atoms with Crippen molar-refractivity contribution in [1.82, 2.24) is 0 Å². The van der Waals surface area contributed by atoms with Crippen molar-refractivity contribution in [2.45, 2.75) is 24.7 Å². The topological polar surface area (TPSA) is 61.8 Å². The van der Waals surface area contributed by atoms with Gasteiger partial charge in [0.25, 0.3) is 0 Å². The molecule has 2 unspecified atom stereocenters. The van der Waals surface area contributed by atoms with E-state index in [1.54, 1.807) is 0 Å². The third kappa shape index (κ3) is 6.81. The maximum atomic E-state index is 11.3. The van der Waals surface area contributed by atoms with Crippen LogP contribution in [0.15, 0.2) is 60.7 Å². The van der Waals surface area contributed by atoms with E-state index in [1.807, 2.05) is 60.7 Å². The molecule has 0 spiro atoms. The summed E-state index contributed by atoms with van der Waals surface area (Å²) in [5, 5.41) is 0. The van der Waals surface area contributed by atoms with E-state index in [0.29, 0.717) is 0 Å². The van der Waals surface area contributed by atoms with E-state index in [4.69, 9.17) is 13.1 Å². The Morgan fingerprint density at radius 2 is 1.08 bits per heavy atom. The fourth-order valence-electron chi connectivity index (χ4n) is 1.90. The zero-order chi connectivity index (χ0) is 18.1. The number of hydrogen-bond donors (Lipinski definition) is 0. The lowest BCUT2D eigenvalue weighted by molar-refractivity contribution is -0.143. The van der Waals surface area contributed by atoms with Crippen molar-refractivity contribution in [3.63, 3.8) is 0 Å². The standard InChI is InChI=1S/C18H18O5S2/c1-13(19)21-17(15-9-5-3-6-10-15)24-23-25-18(22-14(2)20)16-11-7-4-8-12-16/h3-12,17-18H,1-2H3. The molecule has 2 aromatic carbocycles. The molecule has 132 valence electrons. The molecule has 0 fully saturated rings. The highest BCUT2D eigenvalue weighted by Crippen LogP contribution is 2.39. The Morgan fingerprint density at radius 3 is 1.40 bits per heavy atom. The van der Waals surface area contributed by atoms with Crippen LogP contribution < -0.4 is 0 Å². The first-order chi connectivity index (χ1) is 12.1. The Morgan fingerprint density at radius 1 is 0.720 bits per heavy atom. The van der Waals surface area contributed by atoms with Gasteiger partial charge in [0.2, 0.25) is 0 Å². The quantitative estimate of drug-likeness (QED) is 0.370. The molecule has 0 aromatic heterocycles. The van der Waals surface area contributed by atoms with Crippen LogP contribution >= 0.6 is 24.1 Å². The minimum absolute atomic E-state index is 0.408. The molecule has 0 aliphatic heterocycles. The highest BCUT2D eigenvalue weighted by Gasteiger charge is 2.21. The van der Waals surface area contributed by atoms with E-state index in [2.05, 4.69) is 0 Å². The fraction of sp³-hybridized carbons (Fsp3) is 0.222. The maximum absolute atomic E-state index is 11.3. The number of carbonyl (C=O) groups excluding carboxylic acids is 2. The van der Waals surface area contributed by atoms with Crippen LogP contribution in [0.25, 0.3) is 0 Å². The number of esters is 2. The van der Waals surface area contributed by atoms with Gasteiger partial charge in [-0.25, -0.2) is 3.63 Å². The molecule has 0 amide bonds. The molecule has 0 N–H and O–H groups in total. The van der Waals surface area contributed by atoms with Crippen molar-refractivity contribution >= 4 is 36.0 Å². The molecule has 2 rings (SSSR count). The van der Waals surface area contributed by atoms with Gasteiger partial charge in [-0.3, -0.25) is 9.59 Å². The van der Waals surface area contributed by atoms with Gasteiger partial charge < -0.3 is 9.47 Å². The molecule has 7 heteroatoms. The Hall–Kier alpha value is -1.96. The first kappa shape index (κ1) is 19.4. The van der Waals surface area contributed by atoms with Crippen molar-refractivity contribution in [1.29, 1.82) is 0 Å². The van der Waals surface area contributed by atoms with E-state index >= 15 is 0 Å². The molecule has 0 saturated heterocycles. The largest absolute Gasteiger partial charge is 0.444 e. The Kier molecular flexibility index (Phi) is 7.84. The van der Waals surface area contributed by atoms with Gasteiger partial charge in [0.05, 0.1) is 24.1 Å². The van der Waals surface area contributed by atoms with Crippen molar-refractivity contribution in [3.8, 4) is 0 Å². The summed E-state index contributed by atoms with van der Waals surface area (Å²) in [4.78, 5) is 22.6. The summed E-state index contributed by atoms with van der Waals surface area (Å²) in [5.74, 6) is -0.816. The molecule has 0 bridgehead atoms. The predicted octanol–water partition coefficient (Wildman–Crippen LogP) is 4.82. The summed E-state index contributed by atoms with van der Waals surface area (Å²) in [6, 6.07) is 18.5. The van der Waals surface area contributed by atoms with Gasteiger partial charge in [0.1, 0.15) is 0 Å². The lowest BCUT2D eigenvalue weighted by atomic mass is 10.2. The Labute approximate surface area is 155 Å². The van der Waals surface area contributed by atoms with Crippen molar-refractivity contribution in [2.75, 3.05) is 0 Å². The van der Waals surface area contributed by atoms with Crippen LogP contribution in [0.1, 0.15) is 35.8 Å². The van der Waals surface area contributed by atoms with Crippen LogP contribution in [0, 0.1) is 0 Å². The summed E-state index contributed by atoms with van der Waals surface area (Å²) in [6.45, 7) is 2.69. The van der Waals surface area contributed by atoms with E-state index in [1.165, 1.54) is 13.8 Å². The molecule has 5 nitrogen and oxygen atoms in total. The van der Waals surface area contributed by atoms with Gasteiger partial charge >= 0.3 is 11.9 Å². The normalized spacial score (nSPS) is 12.9. The molecule has 0 aliphatic rings. The highest BCUT2D eigenvalue weighted by molar-refractivity contribution is 8.08. The van der Waals surface area contributed by atoms with Crippen LogP contribution in [0.3, 0.4) is 0 Å². The molecule has 2 atom stereocenters. The minimum Gasteiger partial charge on any atom is -0.444 e. The first-order valence-electron chi connectivity index (χ1n) is 7.49. The van der Waals surface area contributed by atoms with Crippen molar-refractivity contribution in [2.24, 2.45) is 0 Å². The molecular weight excluding hydrogens is 360 g/mol.